The highest BCUT2D eigenvalue weighted by molar-refractivity contribution is 7.14. The van der Waals surface area contributed by atoms with Crippen LogP contribution in [0.2, 0.25) is 0 Å². The SMILES string of the molecule is CCCCCC1=NCC(=O)Nc2sccc21. The van der Waals surface area contributed by atoms with Crippen molar-refractivity contribution in [3.63, 3.8) is 0 Å². The molecule has 0 fully saturated rings. The fourth-order valence-corrected chi connectivity index (χ4v) is 2.63. The lowest BCUT2D eigenvalue weighted by Crippen LogP contribution is -2.12. The van der Waals surface area contributed by atoms with E-state index in [2.05, 4.69) is 23.3 Å². The van der Waals surface area contributed by atoms with Gasteiger partial charge in [-0.25, -0.2) is 0 Å². The molecule has 1 N–H and O–H groups in total. The van der Waals surface area contributed by atoms with Crippen LogP contribution in [0, 0.1) is 0 Å². The van der Waals surface area contributed by atoms with Crippen molar-refractivity contribution in [1.29, 1.82) is 0 Å². The Morgan fingerprint density at radius 2 is 2.38 bits per heavy atom. The molecule has 2 rings (SSSR count). The van der Waals surface area contributed by atoms with Gasteiger partial charge in [-0.3, -0.25) is 9.79 Å². The predicted molar refractivity (Wildman–Crippen MR) is 68.5 cm³/mol. The van der Waals surface area contributed by atoms with Gasteiger partial charge in [0.05, 0.1) is 0 Å². The summed E-state index contributed by atoms with van der Waals surface area (Å²) in [5, 5.41) is 5.85. The second-order valence-corrected chi connectivity index (χ2v) is 4.85. The number of hydrogen-bond acceptors (Lipinski definition) is 3. The molecule has 1 aliphatic rings. The Bertz CT molecular complexity index is 409. The molecule has 86 valence electrons. The van der Waals surface area contributed by atoms with Crippen molar-refractivity contribution >= 4 is 28.0 Å². The van der Waals surface area contributed by atoms with E-state index in [1.54, 1.807) is 11.3 Å². The van der Waals surface area contributed by atoms with Gasteiger partial charge in [-0.05, 0) is 24.3 Å². The van der Waals surface area contributed by atoms with Crippen LogP contribution in [0.15, 0.2) is 16.4 Å². The number of thiophene rings is 1. The number of carbonyl (C=O) groups is 1. The normalized spacial score (nSPS) is 15.1. The molecule has 0 aromatic carbocycles. The first-order valence-electron chi connectivity index (χ1n) is 5.72. The lowest BCUT2D eigenvalue weighted by Gasteiger charge is -2.03. The van der Waals surface area contributed by atoms with Crippen LogP contribution in [-0.4, -0.2) is 18.2 Å². The third-order valence-electron chi connectivity index (χ3n) is 2.66. The number of fused-ring (bicyclic) bond motifs is 1. The zero-order valence-electron chi connectivity index (χ0n) is 9.45. The monoisotopic (exact) mass is 236 g/mol. The number of aliphatic imine (C=N–C) groups is 1. The first kappa shape index (κ1) is 11.3. The Morgan fingerprint density at radius 3 is 3.19 bits per heavy atom. The summed E-state index contributed by atoms with van der Waals surface area (Å²) in [7, 11) is 0. The van der Waals surface area contributed by atoms with Crippen LogP contribution in [-0.2, 0) is 4.79 Å². The van der Waals surface area contributed by atoms with Crippen LogP contribution in [0.25, 0.3) is 0 Å². The van der Waals surface area contributed by atoms with Gasteiger partial charge in [-0.2, -0.15) is 0 Å². The second kappa shape index (κ2) is 5.25. The lowest BCUT2D eigenvalue weighted by molar-refractivity contribution is -0.114. The maximum atomic E-state index is 11.4. The third-order valence-corrected chi connectivity index (χ3v) is 3.49. The van der Waals surface area contributed by atoms with E-state index in [9.17, 15) is 4.79 Å². The molecule has 0 atom stereocenters. The molecule has 0 bridgehead atoms. The average molecular weight is 236 g/mol. The number of amides is 1. The molecule has 3 nitrogen and oxygen atoms in total. The topological polar surface area (TPSA) is 41.5 Å². The predicted octanol–water partition coefficient (Wildman–Crippen LogP) is 3.07. The van der Waals surface area contributed by atoms with E-state index in [4.69, 9.17) is 0 Å². The van der Waals surface area contributed by atoms with Crippen molar-refractivity contribution in [1.82, 2.24) is 0 Å². The molecule has 0 aliphatic carbocycles. The first-order chi connectivity index (χ1) is 7.81. The van der Waals surface area contributed by atoms with Gasteiger partial charge in [0, 0.05) is 11.3 Å². The molecule has 1 aromatic rings. The summed E-state index contributed by atoms with van der Waals surface area (Å²) in [5.41, 5.74) is 2.20. The van der Waals surface area contributed by atoms with Gasteiger partial charge in [0.2, 0.25) is 5.91 Å². The number of nitrogens with zero attached hydrogens (tertiary/aromatic N) is 1. The highest BCUT2D eigenvalue weighted by Crippen LogP contribution is 2.27. The molecule has 1 aliphatic heterocycles. The molecular weight excluding hydrogens is 220 g/mol. The summed E-state index contributed by atoms with van der Waals surface area (Å²) in [6.07, 6.45) is 4.56. The summed E-state index contributed by atoms with van der Waals surface area (Å²) >= 11 is 1.57. The summed E-state index contributed by atoms with van der Waals surface area (Å²) in [5.74, 6) is -0.00538. The highest BCUT2D eigenvalue weighted by Gasteiger charge is 2.16. The molecule has 1 aromatic heterocycles. The van der Waals surface area contributed by atoms with E-state index in [0.29, 0.717) is 0 Å². The summed E-state index contributed by atoms with van der Waals surface area (Å²) in [6.45, 7) is 2.46. The fraction of sp³-hybridized carbons (Fsp3) is 0.500. The Labute approximate surface area is 99.6 Å². The van der Waals surface area contributed by atoms with Gasteiger partial charge in [-0.15, -0.1) is 11.3 Å². The van der Waals surface area contributed by atoms with Crippen molar-refractivity contribution in [3.05, 3.63) is 17.0 Å². The van der Waals surface area contributed by atoms with Gasteiger partial charge in [0.1, 0.15) is 11.5 Å². The number of carbonyl (C=O) groups excluding carboxylic acids is 1. The average Bonchev–Trinajstić information content (AvgIpc) is 2.66. The number of unbranched alkanes of at least 4 members (excludes halogenated alkanes) is 2. The fourth-order valence-electron chi connectivity index (χ4n) is 1.81. The van der Waals surface area contributed by atoms with E-state index < -0.39 is 0 Å². The van der Waals surface area contributed by atoms with Crippen LogP contribution in [0.3, 0.4) is 0 Å². The van der Waals surface area contributed by atoms with E-state index in [-0.39, 0.29) is 12.5 Å². The van der Waals surface area contributed by atoms with Crippen molar-refractivity contribution in [3.8, 4) is 0 Å². The van der Waals surface area contributed by atoms with Crippen molar-refractivity contribution in [2.45, 2.75) is 32.6 Å². The Hall–Kier alpha value is -1.16. The number of nitrogens with one attached hydrogen (secondary N) is 1. The van der Waals surface area contributed by atoms with Crippen LogP contribution >= 0.6 is 11.3 Å². The van der Waals surface area contributed by atoms with Gasteiger partial charge in [0.15, 0.2) is 0 Å². The van der Waals surface area contributed by atoms with Crippen LogP contribution < -0.4 is 5.32 Å². The van der Waals surface area contributed by atoms with Crippen LogP contribution in [0.4, 0.5) is 5.00 Å². The van der Waals surface area contributed by atoms with Crippen molar-refractivity contribution < 1.29 is 4.79 Å². The lowest BCUT2D eigenvalue weighted by atomic mass is 10.1. The molecule has 1 amide bonds. The van der Waals surface area contributed by atoms with E-state index in [1.807, 2.05) is 5.38 Å². The van der Waals surface area contributed by atoms with Crippen molar-refractivity contribution in [2.75, 3.05) is 11.9 Å². The quantitative estimate of drug-likeness (QED) is 0.802. The number of anilines is 1. The zero-order valence-corrected chi connectivity index (χ0v) is 10.3. The zero-order chi connectivity index (χ0) is 11.4. The molecule has 0 spiro atoms. The number of rotatable bonds is 4. The summed E-state index contributed by atoms with van der Waals surface area (Å²) in [4.78, 5) is 15.8. The minimum atomic E-state index is -0.00538. The standard InChI is InChI=1S/C12H16N2OS/c1-2-3-4-5-10-9-6-7-16-12(9)14-11(15)8-13-10/h6-7H,2-5,8H2,1H3,(H,14,15). The van der Waals surface area contributed by atoms with Crippen molar-refractivity contribution in [2.24, 2.45) is 4.99 Å². The summed E-state index contributed by atoms with van der Waals surface area (Å²) in [6, 6.07) is 2.05. The third kappa shape index (κ3) is 2.50. The maximum Gasteiger partial charge on any atom is 0.246 e. The molecule has 16 heavy (non-hydrogen) atoms. The largest absolute Gasteiger partial charge is 0.316 e. The molecule has 0 unspecified atom stereocenters. The Kier molecular flexibility index (Phi) is 3.72. The van der Waals surface area contributed by atoms with E-state index in [1.165, 1.54) is 12.8 Å². The highest BCUT2D eigenvalue weighted by atomic mass is 32.1. The van der Waals surface area contributed by atoms with Gasteiger partial charge in [-0.1, -0.05) is 19.8 Å². The van der Waals surface area contributed by atoms with Crippen LogP contribution in [0.1, 0.15) is 38.2 Å². The molecule has 0 radical (unpaired) electrons. The smallest absolute Gasteiger partial charge is 0.246 e. The van der Waals surface area contributed by atoms with Gasteiger partial charge in [0.25, 0.3) is 0 Å². The van der Waals surface area contributed by atoms with Gasteiger partial charge >= 0.3 is 0 Å². The molecule has 4 heteroatoms. The molecule has 2 heterocycles. The van der Waals surface area contributed by atoms with Gasteiger partial charge < -0.3 is 5.32 Å². The first-order valence-corrected chi connectivity index (χ1v) is 6.60. The Morgan fingerprint density at radius 1 is 1.50 bits per heavy atom. The Balaban J connectivity index is 2.15. The minimum absolute atomic E-state index is 0.00538. The molecular formula is C12H16N2OS. The molecule has 0 saturated carbocycles. The maximum absolute atomic E-state index is 11.4. The second-order valence-electron chi connectivity index (χ2n) is 3.93. The van der Waals surface area contributed by atoms with Crippen LogP contribution in [0.5, 0.6) is 0 Å². The molecule has 0 saturated heterocycles. The summed E-state index contributed by atoms with van der Waals surface area (Å²) < 4.78 is 0. The number of hydrogen-bond donors (Lipinski definition) is 1. The minimum Gasteiger partial charge on any atom is -0.316 e. The van der Waals surface area contributed by atoms with E-state index >= 15 is 0 Å². The van der Waals surface area contributed by atoms with E-state index in [0.717, 1.165) is 29.1 Å².